The van der Waals surface area contributed by atoms with E-state index in [0.717, 1.165) is 55.5 Å². The van der Waals surface area contributed by atoms with Gasteiger partial charge >= 0.3 is 11.9 Å². The molecule has 0 saturated carbocycles. The lowest BCUT2D eigenvalue weighted by Crippen LogP contribution is -2.12. The number of nitriles is 2. The molecular weight excluding hydrogens is 466 g/mol. The predicted octanol–water partition coefficient (Wildman–Crippen LogP) is 6.54. The van der Waals surface area contributed by atoms with Gasteiger partial charge in [-0.05, 0) is 54.8 Å². The van der Waals surface area contributed by atoms with Crippen LogP contribution in [0.3, 0.4) is 0 Å². The molecule has 6 nitrogen and oxygen atoms in total. The number of hydrogen-bond acceptors (Lipinski definition) is 6. The van der Waals surface area contributed by atoms with E-state index in [0.29, 0.717) is 5.56 Å². The topological polar surface area (TPSA) is 100 Å². The van der Waals surface area contributed by atoms with Gasteiger partial charge in [-0.1, -0.05) is 31.9 Å². The highest BCUT2D eigenvalue weighted by atomic mass is 19.1. The molecule has 0 bridgehead atoms. The zero-order valence-corrected chi connectivity index (χ0v) is 19.9. The van der Waals surface area contributed by atoms with E-state index < -0.39 is 29.1 Å². The van der Waals surface area contributed by atoms with Gasteiger partial charge in [-0.15, -0.1) is 0 Å². The number of rotatable bonds is 8. The Morgan fingerprint density at radius 3 is 1.97 bits per heavy atom. The maximum absolute atomic E-state index is 14.4. The van der Waals surface area contributed by atoms with Crippen molar-refractivity contribution in [2.45, 2.75) is 39.5 Å². The lowest BCUT2D eigenvalue weighted by molar-refractivity contribution is 0.0728. The number of hydrogen-bond donors (Lipinski definition) is 0. The Bertz CT molecular complexity index is 1290. The van der Waals surface area contributed by atoms with Crippen LogP contribution in [-0.4, -0.2) is 11.9 Å². The molecule has 0 amide bonds. The van der Waals surface area contributed by atoms with Crippen LogP contribution in [0, 0.1) is 34.3 Å². The number of carbonyl (C=O) groups is 2. The summed E-state index contributed by atoms with van der Waals surface area (Å²) in [4.78, 5) is 24.6. The number of aryl methyl sites for hydroxylation is 1. The van der Waals surface area contributed by atoms with Crippen LogP contribution in [0.25, 0.3) is 0 Å². The van der Waals surface area contributed by atoms with Crippen LogP contribution in [0.5, 0.6) is 11.5 Å². The quantitative estimate of drug-likeness (QED) is 0.202. The third-order valence-corrected chi connectivity index (χ3v) is 4.90. The Morgan fingerprint density at radius 2 is 1.42 bits per heavy atom. The number of halogens is 2. The van der Waals surface area contributed by atoms with Gasteiger partial charge in [0.15, 0.2) is 0 Å². The number of nitrogens with zero attached hydrogens (tertiary/aromatic N) is 2. The van der Waals surface area contributed by atoms with Crippen LogP contribution in [0.4, 0.5) is 8.78 Å². The molecule has 0 N–H and O–H groups in total. The Labute approximate surface area is 208 Å². The van der Waals surface area contributed by atoms with Gasteiger partial charge in [0, 0.05) is 19.1 Å². The summed E-state index contributed by atoms with van der Waals surface area (Å²) in [7, 11) is 0. The summed E-state index contributed by atoms with van der Waals surface area (Å²) in [5, 5.41) is 16.1. The number of unbranched alkanes of at least 4 members (excludes halogenated alkanes) is 2. The van der Waals surface area contributed by atoms with E-state index in [-0.39, 0.29) is 17.1 Å². The average Bonchev–Trinajstić information content (AvgIpc) is 2.85. The Kier molecular flexibility index (Phi) is 10.8. The molecule has 184 valence electrons. The molecule has 36 heavy (non-hydrogen) atoms. The molecule has 0 aromatic heterocycles. The first-order chi connectivity index (χ1) is 17.3. The van der Waals surface area contributed by atoms with Crippen molar-refractivity contribution in [2.24, 2.45) is 0 Å². The van der Waals surface area contributed by atoms with E-state index in [1.807, 2.05) is 12.1 Å². The van der Waals surface area contributed by atoms with Crippen molar-refractivity contribution in [3.05, 3.63) is 94.6 Å². The SMILES string of the molecule is CC#N.CCCCCc1ccc(C(=O)Oc2ccc(C(=O)Oc3ccc(C#N)c(F)c3)c(F)c2)cc1. The monoisotopic (exact) mass is 490 g/mol. The second-order valence-electron chi connectivity index (χ2n) is 7.55. The van der Waals surface area contributed by atoms with Gasteiger partial charge in [0.1, 0.15) is 29.2 Å². The first-order valence-electron chi connectivity index (χ1n) is 11.2. The van der Waals surface area contributed by atoms with Gasteiger partial charge in [-0.3, -0.25) is 0 Å². The standard InChI is InChI=1S/C26H21F2NO4.C2H3N/c1-2-3-4-5-17-6-8-18(9-7-17)25(30)32-21-12-13-22(24(28)15-21)26(31)33-20-11-10-19(16-29)23(27)14-20;1-2-3/h6-15H,2-5H2,1H3;1H3. The molecule has 3 aromatic rings. The maximum atomic E-state index is 14.4. The molecule has 8 heteroatoms. The van der Waals surface area contributed by atoms with Gasteiger partial charge in [0.25, 0.3) is 0 Å². The zero-order chi connectivity index (χ0) is 26.5. The van der Waals surface area contributed by atoms with Crippen molar-refractivity contribution in [3.63, 3.8) is 0 Å². The third kappa shape index (κ3) is 8.03. The number of carbonyl (C=O) groups excluding carboxylic acids is 2. The molecule has 0 fully saturated rings. The number of esters is 2. The molecule has 0 aliphatic rings. The minimum absolute atomic E-state index is 0.0783. The first kappa shape index (κ1) is 27.7. The fraction of sp³-hybridized carbons (Fsp3) is 0.214. The normalized spacial score (nSPS) is 9.72. The lowest BCUT2D eigenvalue weighted by Gasteiger charge is -2.08. The van der Waals surface area contributed by atoms with E-state index in [4.69, 9.17) is 20.0 Å². The van der Waals surface area contributed by atoms with Crippen molar-refractivity contribution in [3.8, 4) is 23.6 Å². The summed E-state index contributed by atoms with van der Waals surface area (Å²) < 4.78 is 38.3. The Balaban J connectivity index is 0.00000145. The summed E-state index contributed by atoms with van der Waals surface area (Å²) in [6.45, 7) is 3.56. The minimum Gasteiger partial charge on any atom is -0.423 e. The molecule has 3 aromatic carbocycles. The van der Waals surface area contributed by atoms with Crippen LogP contribution in [-0.2, 0) is 6.42 Å². The van der Waals surface area contributed by atoms with Crippen LogP contribution >= 0.6 is 0 Å². The molecule has 0 radical (unpaired) electrons. The molecule has 0 unspecified atom stereocenters. The highest BCUT2D eigenvalue weighted by Gasteiger charge is 2.17. The van der Waals surface area contributed by atoms with Gasteiger partial charge in [0.2, 0.25) is 0 Å². The van der Waals surface area contributed by atoms with Gasteiger partial charge in [0.05, 0.1) is 22.8 Å². The van der Waals surface area contributed by atoms with E-state index >= 15 is 0 Å². The summed E-state index contributed by atoms with van der Waals surface area (Å²) in [5.74, 6) is -3.80. The lowest BCUT2D eigenvalue weighted by atomic mass is 10.1. The summed E-state index contributed by atoms with van der Waals surface area (Å²) in [5.41, 5.74) is 0.811. The van der Waals surface area contributed by atoms with E-state index in [2.05, 4.69) is 6.92 Å². The second-order valence-corrected chi connectivity index (χ2v) is 7.55. The van der Waals surface area contributed by atoms with Crippen LogP contribution < -0.4 is 9.47 Å². The molecule has 3 rings (SSSR count). The molecule has 0 atom stereocenters. The van der Waals surface area contributed by atoms with Gasteiger partial charge < -0.3 is 9.47 Å². The highest BCUT2D eigenvalue weighted by Crippen LogP contribution is 2.22. The van der Waals surface area contributed by atoms with Crippen LogP contribution in [0.2, 0.25) is 0 Å². The molecule has 0 spiro atoms. The predicted molar refractivity (Wildman–Crippen MR) is 128 cm³/mol. The summed E-state index contributed by atoms with van der Waals surface area (Å²) >= 11 is 0. The molecule has 0 aliphatic heterocycles. The smallest absolute Gasteiger partial charge is 0.346 e. The number of benzene rings is 3. The van der Waals surface area contributed by atoms with Crippen molar-refractivity contribution in [1.82, 2.24) is 0 Å². The first-order valence-corrected chi connectivity index (χ1v) is 11.2. The molecule has 0 saturated heterocycles. The van der Waals surface area contributed by atoms with E-state index in [1.54, 1.807) is 24.3 Å². The molecule has 0 heterocycles. The fourth-order valence-electron chi connectivity index (χ4n) is 3.09. The Morgan fingerprint density at radius 1 is 0.833 bits per heavy atom. The van der Waals surface area contributed by atoms with Crippen molar-refractivity contribution in [2.75, 3.05) is 0 Å². The van der Waals surface area contributed by atoms with Crippen molar-refractivity contribution in [1.29, 1.82) is 10.5 Å². The zero-order valence-electron chi connectivity index (χ0n) is 19.9. The van der Waals surface area contributed by atoms with Gasteiger partial charge in [-0.25, -0.2) is 18.4 Å². The van der Waals surface area contributed by atoms with Gasteiger partial charge in [-0.2, -0.15) is 10.5 Å². The van der Waals surface area contributed by atoms with Crippen molar-refractivity contribution >= 4 is 11.9 Å². The molecule has 0 aliphatic carbocycles. The summed E-state index contributed by atoms with van der Waals surface area (Å²) in [6, 6.07) is 16.9. The maximum Gasteiger partial charge on any atom is 0.346 e. The largest absolute Gasteiger partial charge is 0.423 e. The molecular formula is C28H24F2N2O4. The van der Waals surface area contributed by atoms with Crippen LogP contribution in [0.15, 0.2) is 60.7 Å². The fourth-order valence-corrected chi connectivity index (χ4v) is 3.09. The average molecular weight is 491 g/mol. The summed E-state index contributed by atoms with van der Waals surface area (Å²) in [6.07, 6.45) is 4.28. The minimum atomic E-state index is -1.06. The van der Waals surface area contributed by atoms with E-state index in [9.17, 15) is 18.4 Å². The van der Waals surface area contributed by atoms with Crippen LogP contribution in [0.1, 0.15) is 65.0 Å². The number of ether oxygens (including phenoxy) is 2. The second kappa shape index (κ2) is 14.0. The highest BCUT2D eigenvalue weighted by molar-refractivity contribution is 5.93. The Hall–Kier alpha value is -4.56. The van der Waals surface area contributed by atoms with Crippen molar-refractivity contribution < 1.29 is 27.8 Å². The van der Waals surface area contributed by atoms with E-state index in [1.165, 1.54) is 19.1 Å². The third-order valence-electron chi connectivity index (χ3n) is 4.90.